The second-order valence-corrected chi connectivity index (χ2v) is 23.1. The molecule has 2 saturated carbocycles. The number of ketones is 1. The van der Waals surface area contributed by atoms with Crippen molar-refractivity contribution in [3.8, 4) is 0 Å². The Balaban J connectivity index is 1.09. The third-order valence-corrected chi connectivity index (χ3v) is 17.1. The van der Waals surface area contributed by atoms with Gasteiger partial charge in [0.2, 0.25) is 12.0 Å². The number of carbonyl (C=O) groups excluding carboxylic acids is 10. The largest absolute Gasteiger partial charge is 0.455 e. The minimum Gasteiger partial charge on any atom is -0.455 e. The molecular formula is C65H73N3O19. The van der Waals surface area contributed by atoms with E-state index in [1.807, 2.05) is 18.2 Å². The van der Waals surface area contributed by atoms with E-state index in [-0.39, 0.29) is 53.2 Å². The van der Waals surface area contributed by atoms with Crippen LogP contribution in [0.15, 0.2) is 132 Å². The average Bonchev–Trinajstić information content (AvgIpc) is 0.674. The molecule has 0 unspecified atom stereocenters. The maximum Gasteiger partial charge on any atom is 0.350 e. The number of fused-ring (bicyclic) bond motifs is 5. The number of aliphatic hydroxyl groups is 2. The minimum absolute atomic E-state index is 0.00529. The maximum atomic E-state index is 15.8. The first kappa shape index (κ1) is 64.4. The summed E-state index contributed by atoms with van der Waals surface area (Å²) >= 11 is 0. The summed E-state index contributed by atoms with van der Waals surface area (Å²) in [6.07, 6.45) is -10.2. The van der Waals surface area contributed by atoms with Crippen molar-refractivity contribution in [3.05, 3.63) is 149 Å². The molecule has 4 aliphatic rings. The maximum absolute atomic E-state index is 15.8. The predicted octanol–water partition coefficient (Wildman–Crippen LogP) is 6.62. The number of carbonyl (C=O) groups is 10. The van der Waals surface area contributed by atoms with Crippen molar-refractivity contribution >= 4 is 65.0 Å². The lowest BCUT2D eigenvalue weighted by atomic mass is 9.44. The normalized spacial score (nSPS) is 25.7. The molecule has 0 radical (unpaired) electrons. The Morgan fingerprint density at radius 3 is 1.85 bits per heavy atom. The van der Waals surface area contributed by atoms with Gasteiger partial charge >= 0.3 is 35.8 Å². The standard InChI is InChI=1S/C65H73N3O19/c1-38-45(36-65(80)58(85-60(78)43-27-17-11-18-28-43)56-63(6,46(71)35-47-64(56,37-81-47)86-40(3)70)57(76)54(82-39(2)69)52(38)62(65,4)5)83-61(79)55(53(41-23-13-9-14-24-41)67-59(77)42-25-15-10-16-26-42)84-50(74)33-34-51(75)87-68-49(73)32-22-8-7-21-31-48(72)66-44-29-19-12-20-30-44/h9-20,23-30,45-47,53-56,58,71,80H,7-8,21-22,31-37H2,1-6H3,(H,66,72)(H,67,77)(H,68,73)/t45-,46-,47+,53-,54+,55+,56-,58-,63+,64-,65+/m0/s1. The highest BCUT2D eigenvalue weighted by molar-refractivity contribution is 5.97. The summed E-state index contributed by atoms with van der Waals surface area (Å²) in [6, 6.07) is 31.0. The molecule has 3 amide bonds. The van der Waals surface area contributed by atoms with Gasteiger partial charge in [-0.25, -0.2) is 14.4 Å². The fourth-order valence-corrected chi connectivity index (χ4v) is 12.6. The molecule has 0 aromatic heterocycles. The third kappa shape index (κ3) is 14.0. The van der Waals surface area contributed by atoms with Crippen LogP contribution in [0.1, 0.15) is 138 Å². The number of rotatable bonds is 22. The van der Waals surface area contributed by atoms with Gasteiger partial charge in [0.15, 0.2) is 17.5 Å². The quantitative estimate of drug-likeness (QED) is 0.0181. The molecule has 3 fully saturated rings. The summed E-state index contributed by atoms with van der Waals surface area (Å²) in [4.78, 5) is 143. The first-order chi connectivity index (χ1) is 41.4. The van der Waals surface area contributed by atoms with Gasteiger partial charge in [-0.05, 0) is 79.8 Å². The molecule has 462 valence electrons. The molecule has 4 aromatic rings. The summed E-state index contributed by atoms with van der Waals surface area (Å²) < 4.78 is 36.8. The van der Waals surface area contributed by atoms with E-state index in [0.717, 1.165) is 13.8 Å². The van der Waals surface area contributed by atoms with E-state index in [1.54, 1.807) is 78.9 Å². The summed E-state index contributed by atoms with van der Waals surface area (Å²) in [6.45, 7) is 7.63. The Labute approximate surface area is 502 Å². The van der Waals surface area contributed by atoms with Crippen molar-refractivity contribution < 1.29 is 91.4 Å². The van der Waals surface area contributed by atoms with Crippen LogP contribution in [0, 0.1) is 16.7 Å². The van der Waals surface area contributed by atoms with Gasteiger partial charge in [-0.2, -0.15) is 5.48 Å². The van der Waals surface area contributed by atoms with E-state index in [0.29, 0.717) is 37.8 Å². The van der Waals surface area contributed by atoms with Gasteiger partial charge in [0.05, 0.1) is 42.4 Å². The Bertz CT molecular complexity index is 3250. The van der Waals surface area contributed by atoms with Crippen LogP contribution in [0.25, 0.3) is 0 Å². The van der Waals surface area contributed by atoms with Crippen LogP contribution in [0.5, 0.6) is 0 Å². The van der Waals surface area contributed by atoms with Gasteiger partial charge in [0, 0.05) is 56.2 Å². The molecule has 22 heteroatoms. The number of amides is 3. The lowest BCUT2D eigenvalue weighted by Gasteiger charge is -2.67. The van der Waals surface area contributed by atoms with Crippen molar-refractivity contribution in [1.82, 2.24) is 10.8 Å². The Morgan fingerprint density at radius 1 is 0.690 bits per heavy atom. The van der Waals surface area contributed by atoms with Crippen molar-refractivity contribution in [2.45, 2.75) is 160 Å². The molecule has 4 aromatic carbocycles. The highest BCUT2D eigenvalue weighted by atomic mass is 16.7. The molecule has 22 nitrogen and oxygen atoms in total. The van der Waals surface area contributed by atoms with Gasteiger partial charge in [0.25, 0.3) is 11.8 Å². The number of aliphatic hydroxyl groups excluding tert-OH is 1. The molecule has 87 heavy (non-hydrogen) atoms. The summed E-state index contributed by atoms with van der Waals surface area (Å²) in [5.74, 6) is -10.4. The highest BCUT2D eigenvalue weighted by Crippen LogP contribution is 2.64. The Morgan fingerprint density at radius 2 is 1.26 bits per heavy atom. The summed E-state index contributed by atoms with van der Waals surface area (Å²) in [7, 11) is 0. The molecule has 2 bridgehead atoms. The molecule has 3 aliphatic carbocycles. The number of ether oxygens (including phenoxy) is 6. The number of benzene rings is 4. The van der Waals surface area contributed by atoms with Crippen LogP contribution < -0.4 is 16.1 Å². The Hall–Kier alpha value is -8.60. The second-order valence-electron chi connectivity index (χ2n) is 23.1. The van der Waals surface area contributed by atoms with Crippen LogP contribution in [-0.4, -0.2) is 124 Å². The average molecular weight is 1200 g/mol. The minimum atomic E-state index is -2.54. The molecule has 1 heterocycles. The fourth-order valence-electron chi connectivity index (χ4n) is 12.6. The van der Waals surface area contributed by atoms with Crippen LogP contribution in [0.3, 0.4) is 0 Å². The molecule has 5 N–H and O–H groups in total. The SMILES string of the molecule is CC(=O)O[C@H]1C(=O)[C@@]2(C)[C@H]([C@H](OC(=O)c3ccccc3)[C@]3(O)C[C@H](OC(=O)[C@H](OC(=O)CCC(=O)ONC(=O)CCCCCCC(=O)Nc4ccccc4)[C@@H](NC(=O)c4ccccc4)c4ccccc4)C(C)=C1C3(C)C)[C@]1(OC(C)=O)CO[C@@H]1C[C@@H]2O. The zero-order valence-corrected chi connectivity index (χ0v) is 49.3. The fraction of sp³-hybridized carbons (Fsp3) is 0.446. The molecule has 0 spiro atoms. The zero-order valence-electron chi connectivity index (χ0n) is 49.3. The number of para-hydroxylation sites is 1. The summed E-state index contributed by atoms with van der Waals surface area (Å²) in [5, 5.41) is 31.9. The van der Waals surface area contributed by atoms with Gasteiger partial charge in [-0.15, -0.1) is 0 Å². The number of unbranched alkanes of at least 4 members (excludes halogenated alkanes) is 3. The highest BCUT2D eigenvalue weighted by Gasteiger charge is 2.78. The van der Waals surface area contributed by atoms with Crippen LogP contribution in [0.4, 0.5) is 5.69 Å². The monoisotopic (exact) mass is 1200 g/mol. The molecule has 1 aliphatic heterocycles. The number of hydrogen-bond acceptors (Lipinski definition) is 19. The van der Waals surface area contributed by atoms with Crippen molar-refractivity contribution in [3.63, 3.8) is 0 Å². The van der Waals surface area contributed by atoms with Crippen molar-refractivity contribution in [1.29, 1.82) is 0 Å². The molecule has 1 saturated heterocycles. The molecule has 8 rings (SSSR count). The first-order valence-electron chi connectivity index (χ1n) is 29.0. The second kappa shape index (κ2) is 27.4. The lowest BCUT2D eigenvalue weighted by molar-refractivity contribution is -0.346. The van der Waals surface area contributed by atoms with E-state index >= 15 is 9.59 Å². The topological polar surface area (TPSA) is 312 Å². The molecule has 11 atom stereocenters. The number of Topliss-reactive ketones (excluding diaryl/α,β-unsaturated/α-hetero) is 1. The number of hydroxylamine groups is 1. The van der Waals surface area contributed by atoms with E-state index in [1.165, 1.54) is 52.0 Å². The number of hydrogen-bond donors (Lipinski definition) is 5. The summed E-state index contributed by atoms with van der Waals surface area (Å²) in [5.41, 5.74) is -5.28. The number of anilines is 1. The van der Waals surface area contributed by atoms with E-state index < -0.39 is 143 Å². The van der Waals surface area contributed by atoms with Crippen LogP contribution >= 0.6 is 0 Å². The smallest absolute Gasteiger partial charge is 0.350 e. The van der Waals surface area contributed by atoms with Gasteiger partial charge < -0.3 is 54.1 Å². The van der Waals surface area contributed by atoms with E-state index in [9.17, 15) is 48.6 Å². The van der Waals surface area contributed by atoms with Gasteiger partial charge in [0.1, 0.15) is 30.0 Å². The van der Waals surface area contributed by atoms with Crippen LogP contribution in [0.2, 0.25) is 0 Å². The van der Waals surface area contributed by atoms with Crippen LogP contribution in [-0.2, 0) is 71.6 Å². The third-order valence-electron chi connectivity index (χ3n) is 17.1. The van der Waals surface area contributed by atoms with E-state index in [2.05, 4.69) is 16.1 Å². The van der Waals surface area contributed by atoms with Gasteiger partial charge in [-0.3, -0.25) is 33.6 Å². The first-order valence-corrected chi connectivity index (χ1v) is 29.0. The van der Waals surface area contributed by atoms with Crippen molar-refractivity contribution in [2.24, 2.45) is 16.7 Å². The zero-order chi connectivity index (χ0) is 62.8. The molecular weight excluding hydrogens is 1130 g/mol. The van der Waals surface area contributed by atoms with Crippen molar-refractivity contribution in [2.75, 3.05) is 11.9 Å². The number of esters is 5. The van der Waals surface area contributed by atoms with Gasteiger partial charge in [-0.1, -0.05) is 112 Å². The number of nitrogens with one attached hydrogen (secondary N) is 3. The van der Waals surface area contributed by atoms with E-state index in [4.69, 9.17) is 33.3 Å². The predicted molar refractivity (Wildman–Crippen MR) is 308 cm³/mol. The Kier molecular flexibility index (Phi) is 20.3. The lowest BCUT2D eigenvalue weighted by Crippen LogP contribution is -2.82.